The van der Waals surface area contributed by atoms with E-state index in [1.54, 1.807) is 18.2 Å². The maximum absolute atomic E-state index is 12.6. The molecular weight excluding hydrogens is 251 g/mol. The van der Waals surface area contributed by atoms with Gasteiger partial charge in [-0.05, 0) is 36.4 Å². The van der Waals surface area contributed by atoms with Crippen molar-refractivity contribution in [2.24, 2.45) is 0 Å². The van der Waals surface area contributed by atoms with E-state index in [4.69, 9.17) is 13.9 Å². The summed E-state index contributed by atoms with van der Waals surface area (Å²) in [4.78, 5) is 11.4. The van der Waals surface area contributed by atoms with Gasteiger partial charge in [0.05, 0.1) is 19.5 Å². The smallest absolute Gasteiger partial charge is 0.374 e. The second kappa shape index (κ2) is 6.58. The molecule has 0 amide bonds. The summed E-state index contributed by atoms with van der Waals surface area (Å²) in [5.41, 5.74) is 0. The number of carbonyl (C=O) groups is 1. The van der Waals surface area contributed by atoms with E-state index in [1.807, 2.05) is 0 Å². The van der Waals surface area contributed by atoms with Gasteiger partial charge in [-0.15, -0.1) is 0 Å². The van der Waals surface area contributed by atoms with Crippen LogP contribution in [0.3, 0.4) is 0 Å². The Balaban J connectivity index is 1.62. The van der Waals surface area contributed by atoms with E-state index >= 15 is 0 Å². The molecule has 1 heterocycles. The number of carbonyl (C=O) groups excluding carboxylic acids is 1. The molecule has 0 saturated carbocycles. The van der Waals surface area contributed by atoms with Crippen molar-refractivity contribution in [1.29, 1.82) is 0 Å². The average Bonchev–Trinajstić information content (AvgIpc) is 2.94. The van der Waals surface area contributed by atoms with Gasteiger partial charge in [0, 0.05) is 6.42 Å². The van der Waals surface area contributed by atoms with Crippen molar-refractivity contribution in [3.8, 4) is 5.75 Å². The zero-order valence-electron chi connectivity index (χ0n) is 10.2. The van der Waals surface area contributed by atoms with Gasteiger partial charge in [-0.3, -0.25) is 0 Å². The molecular formula is C14H13FO4. The van der Waals surface area contributed by atoms with Gasteiger partial charge in [-0.2, -0.15) is 0 Å². The number of halogens is 1. The molecule has 100 valence electrons. The molecule has 0 fully saturated rings. The van der Waals surface area contributed by atoms with E-state index in [2.05, 4.69) is 0 Å². The van der Waals surface area contributed by atoms with Crippen molar-refractivity contribution in [3.05, 3.63) is 54.2 Å². The van der Waals surface area contributed by atoms with Gasteiger partial charge in [0.2, 0.25) is 5.76 Å². The van der Waals surface area contributed by atoms with Crippen LogP contribution in [-0.4, -0.2) is 19.2 Å². The van der Waals surface area contributed by atoms with Crippen molar-refractivity contribution >= 4 is 5.97 Å². The third-order valence-corrected chi connectivity index (χ3v) is 2.33. The molecule has 0 unspecified atom stereocenters. The molecule has 1 aromatic carbocycles. The van der Waals surface area contributed by atoms with Crippen molar-refractivity contribution in [3.63, 3.8) is 0 Å². The van der Waals surface area contributed by atoms with E-state index in [1.165, 1.54) is 24.5 Å². The quantitative estimate of drug-likeness (QED) is 0.594. The Hall–Kier alpha value is -2.30. The SMILES string of the molecule is O=C(OCCCOc1ccc(F)cc1)c1ccco1. The second-order valence-corrected chi connectivity index (χ2v) is 3.77. The Labute approximate surface area is 109 Å². The summed E-state index contributed by atoms with van der Waals surface area (Å²) in [5.74, 6) is -0.0373. The Morgan fingerprint density at radius 1 is 1.16 bits per heavy atom. The first-order chi connectivity index (χ1) is 9.25. The van der Waals surface area contributed by atoms with E-state index in [0.29, 0.717) is 18.8 Å². The highest BCUT2D eigenvalue weighted by molar-refractivity contribution is 5.86. The number of hydrogen-bond acceptors (Lipinski definition) is 4. The largest absolute Gasteiger partial charge is 0.493 e. The first-order valence-electron chi connectivity index (χ1n) is 5.85. The fraction of sp³-hybridized carbons (Fsp3) is 0.214. The lowest BCUT2D eigenvalue weighted by Gasteiger charge is -2.06. The number of furan rings is 1. The molecule has 1 aromatic heterocycles. The standard InChI is InChI=1S/C14H13FO4/c15-11-4-6-12(7-5-11)17-9-2-10-19-14(16)13-3-1-8-18-13/h1,3-8H,2,9-10H2. The van der Waals surface area contributed by atoms with Gasteiger partial charge in [0.25, 0.3) is 0 Å². The predicted octanol–water partition coefficient (Wildman–Crippen LogP) is 3.04. The summed E-state index contributed by atoms with van der Waals surface area (Å²) in [6.45, 7) is 0.623. The van der Waals surface area contributed by atoms with Gasteiger partial charge in [-0.25, -0.2) is 9.18 Å². The number of ether oxygens (including phenoxy) is 2. The van der Waals surface area contributed by atoms with Crippen LogP contribution < -0.4 is 4.74 Å². The van der Waals surface area contributed by atoms with E-state index in [-0.39, 0.29) is 18.2 Å². The van der Waals surface area contributed by atoms with Crippen LogP contribution >= 0.6 is 0 Å². The average molecular weight is 264 g/mol. The molecule has 5 heteroatoms. The number of esters is 1. The molecule has 2 aromatic rings. The maximum atomic E-state index is 12.6. The van der Waals surface area contributed by atoms with Crippen LogP contribution in [0.1, 0.15) is 17.0 Å². The number of hydrogen-bond donors (Lipinski definition) is 0. The van der Waals surface area contributed by atoms with Gasteiger partial charge in [0.1, 0.15) is 11.6 Å². The van der Waals surface area contributed by atoms with Crippen molar-refractivity contribution < 1.29 is 23.1 Å². The highest BCUT2D eigenvalue weighted by Gasteiger charge is 2.08. The molecule has 0 aliphatic heterocycles. The minimum atomic E-state index is -0.494. The Morgan fingerprint density at radius 2 is 1.95 bits per heavy atom. The van der Waals surface area contributed by atoms with Crippen molar-refractivity contribution in [2.75, 3.05) is 13.2 Å². The van der Waals surface area contributed by atoms with Crippen LogP contribution in [0.15, 0.2) is 47.1 Å². The Kier molecular flexibility index (Phi) is 4.55. The highest BCUT2D eigenvalue weighted by Crippen LogP contribution is 2.11. The van der Waals surface area contributed by atoms with Crippen LogP contribution in [0.25, 0.3) is 0 Å². The minimum Gasteiger partial charge on any atom is -0.493 e. The van der Waals surface area contributed by atoms with Gasteiger partial charge >= 0.3 is 5.97 Å². The van der Waals surface area contributed by atoms with Crippen LogP contribution in [0.5, 0.6) is 5.75 Å². The molecule has 19 heavy (non-hydrogen) atoms. The van der Waals surface area contributed by atoms with Gasteiger partial charge < -0.3 is 13.9 Å². The lowest BCUT2D eigenvalue weighted by atomic mass is 10.3. The third-order valence-electron chi connectivity index (χ3n) is 2.33. The molecule has 0 spiro atoms. The topological polar surface area (TPSA) is 48.7 Å². The molecule has 0 bridgehead atoms. The first kappa shape index (κ1) is 13.1. The molecule has 0 aliphatic rings. The predicted molar refractivity (Wildman–Crippen MR) is 65.5 cm³/mol. The summed E-state index contributed by atoms with van der Waals surface area (Å²) >= 11 is 0. The van der Waals surface area contributed by atoms with Crippen molar-refractivity contribution in [2.45, 2.75) is 6.42 Å². The first-order valence-corrected chi connectivity index (χ1v) is 5.85. The summed E-state index contributed by atoms with van der Waals surface area (Å²) in [7, 11) is 0. The molecule has 2 rings (SSSR count). The van der Waals surface area contributed by atoms with Crippen molar-refractivity contribution in [1.82, 2.24) is 0 Å². The summed E-state index contributed by atoms with van der Waals surface area (Å²) in [6.07, 6.45) is 1.96. The lowest BCUT2D eigenvalue weighted by Crippen LogP contribution is -2.08. The molecule has 0 radical (unpaired) electrons. The normalized spacial score (nSPS) is 10.2. The van der Waals surface area contributed by atoms with Crippen LogP contribution in [0, 0.1) is 5.82 Å². The van der Waals surface area contributed by atoms with Crippen LogP contribution in [0.4, 0.5) is 4.39 Å². The van der Waals surface area contributed by atoms with Gasteiger partial charge in [0.15, 0.2) is 0 Å². The van der Waals surface area contributed by atoms with E-state index in [9.17, 15) is 9.18 Å². The minimum absolute atomic E-state index is 0.180. The van der Waals surface area contributed by atoms with Gasteiger partial charge in [-0.1, -0.05) is 0 Å². The zero-order valence-corrected chi connectivity index (χ0v) is 10.2. The summed E-state index contributed by atoms with van der Waals surface area (Å²) < 4.78 is 27.8. The Bertz CT molecular complexity index is 505. The van der Waals surface area contributed by atoms with E-state index in [0.717, 1.165) is 0 Å². The lowest BCUT2D eigenvalue weighted by molar-refractivity contribution is 0.0450. The highest BCUT2D eigenvalue weighted by atomic mass is 19.1. The fourth-order valence-corrected chi connectivity index (χ4v) is 1.41. The van der Waals surface area contributed by atoms with Crippen LogP contribution in [0.2, 0.25) is 0 Å². The maximum Gasteiger partial charge on any atom is 0.374 e. The third kappa shape index (κ3) is 4.13. The second-order valence-electron chi connectivity index (χ2n) is 3.77. The van der Waals surface area contributed by atoms with E-state index < -0.39 is 5.97 Å². The molecule has 0 aliphatic carbocycles. The molecule has 0 N–H and O–H groups in total. The summed E-state index contributed by atoms with van der Waals surface area (Å²) in [5, 5.41) is 0. The number of rotatable bonds is 6. The monoisotopic (exact) mass is 264 g/mol. The number of benzene rings is 1. The van der Waals surface area contributed by atoms with Crippen LogP contribution in [-0.2, 0) is 4.74 Å². The molecule has 0 atom stereocenters. The molecule has 0 saturated heterocycles. The Morgan fingerprint density at radius 3 is 2.63 bits per heavy atom. The zero-order chi connectivity index (χ0) is 13.5. The molecule has 4 nitrogen and oxygen atoms in total. The fourth-order valence-electron chi connectivity index (χ4n) is 1.41. The summed E-state index contributed by atoms with van der Waals surface area (Å²) in [6, 6.07) is 8.90.